The van der Waals surface area contributed by atoms with Gasteiger partial charge in [0.1, 0.15) is 23.3 Å². The van der Waals surface area contributed by atoms with E-state index < -0.39 is 28.1 Å². The maximum atomic E-state index is 12.4. The normalized spacial score (nSPS) is 12.6. The van der Waals surface area contributed by atoms with Gasteiger partial charge in [0.15, 0.2) is 0 Å². The number of anilines is 2. The first-order valence-electron chi connectivity index (χ1n) is 16.4. The highest BCUT2D eigenvalue weighted by Crippen LogP contribution is 2.31. The van der Waals surface area contributed by atoms with Crippen LogP contribution in [0.3, 0.4) is 0 Å². The van der Waals surface area contributed by atoms with Crippen molar-refractivity contribution in [2.24, 2.45) is 11.5 Å². The second kappa shape index (κ2) is 17.6. The number of hydrogen-bond acceptors (Lipinski definition) is 8. The number of carbonyl (C=O) groups excluding carboxylic acids is 1. The lowest BCUT2D eigenvalue weighted by atomic mass is 9.99. The minimum atomic E-state index is -3.43. The Morgan fingerprint density at radius 2 is 1.35 bits per heavy atom. The van der Waals surface area contributed by atoms with Gasteiger partial charge in [-0.2, -0.15) is 0 Å². The zero-order chi connectivity index (χ0) is 35.4. The third-order valence-corrected chi connectivity index (χ3v) is 8.85. The quantitative estimate of drug-likeness (QED) is 0.0903. The third kappa shape index (κ3) is 12.0. The number of carbonyl (C=O) groups is 2. The molecule has 4 aromatic rings. The Bertz CT molecular complexity index is 1780. The van der Waals surface area contributed by atoms with Crippen LogP contribution in [0.4, 0.5) is 11.4 Å². The smallest absolute Gasteiger partial charge is 0.320 e. The van der Waals surface area contributed by atoms with E-state index in [0.29, 0.717) is 62.4 Å². The average molecular weight is 687 g/mol. The Morgan fingerprint density at radius 1 is 0.776 bits per heavy atom. The summed E-state index contributed by atoms with van der Waals surface area (Å²) in [6.07, 6.45) is 4.13. The molecule has 0 aliphatic rings. The lowest BCUT2D eigenvalue weighted by Gasteiger charge is -2.28. The third-order valence-electron chi connectivity index (χ3n) is 8.26. The number of rotatable bonds is 19. The van der Waals surface area contributed by atoms with E-state index in [0.717, 1.165) is 40.6 Å². The maximum absolute atomic E-state index is 12.4. The molecule has 0 radical (unpaired) electrons. The molecule has 0 spiro atoms. The molecule has 6 N–H and O–H groups in total. The summed E-state index contributed by atoms with van der Waals surface area (Å²) in [6.45, 7) is 3.16. The highest BCUT2D eigenvalue weighted by molar-refractivity contribution is 7.92. The predicted molar refractivity (Wildman–Crippen MR) is 194 cm³/mol. The van der Waals surface area contributed by atoms with Crippen LogP contribution in [-0.4, -0.2) is 43.6 Å². The number of aryl methyl sites for hydroxylation is 1. The number of nitrogens with one attached hydrogen (secondary N) is 1. The number of ketones is 1. The molecule has 11 heteroatoms. The monoisotopic (exact) mass is 686 g/mol. The van der Waals surface area contributed by atoms with Crippen LogP contribution in [0, 0.1) is 6.92 Å². The van der Waals surface area contributed by atoms with Gasteiger partial charge in [0.2, 0.25) is 10.0 Å². The minimum absolute atomic E-state index is 0.0249. The number of sulfonamides is 1. The van der Waals surface area contributed by atoms with E-state index in [4.69, 9.17) is 21.3 Å². The van der Waals surface area contributed by atoms with Gasteiger partial charge in [-0.15, -0.1) is 0 Å². The van der Waals surface area contributed by atoms with E-state index in [1.165, 1.54) is 0 Å². The standard InChI is InChI=1S/C38H46N4O6S/c1-27-35(41-49(2,46)47)14-8-15-36(27)42(25-29-9-4-3-5-10-29)26-30-19-23-32(24-20-30)48-31-21-17-28(18-22-31)11-6-16-37(43)33(39)12-7-13-34(40)38(44)45/h3-5,8-10,14-15,17-24,33-34,41H,6-7,11-13,16,25-26,39-40H2,1-2H3,(H,44,45)/t33?,34-/m0/s1. The SMILES string of the molecule is Cc1c(NS(C)(=O)=O)cccc1N(Cc1ccccc1)Cc1ccc(Oc2ccc(CCCC(=O)C(N)CCC[C@H](N)C(=O)O)cc2)cc1. The van der Waals surface area contributed by atoms with Crippen LogP contribution in [0.5, 0.6) is 11.5 Å². The number of ether oxygens (including phenoxy) is 1. The zero-order valence-electron chi connectivity index (χ0n) is 28.0. The number of nitrogens with two attached hydrogens (primary N) is 2. The van der Waals surface area contributed by atoms with Crippen molar-refractivity contribution in [1.29, 1.82) is 0 Å². The molecule has 0 fully saturated rings. The summed E-state index contributed by atoms with van der Waals surface area (Å²) in [5.74, 6) is 0.327. The molecule has 0 bridgehead atoms. The Labute approximate surface area is 289 Å². The lowest BCUT2D eigenvalue weighted by molar-refractivity contribution is -0.138. The number of carboxylic acid groups (broad SMARTS) is 1. The fourth-order valence-corrected chi connectivity index (χ4v) is 6.16. The first-order chi connectivity index (χ1) is 23.4. The van der Waals surface area contributed by atoms with Crippen molar-refractivity contribution >= 4 is 33.2 Å². The second-order valence-electron chi connectivity index (χ2n) is 12.4. The molecule has 0 heterocycles. The molecule has 0 aliphatic heterocycles. The molecule has 0 saturated carbocycles. The van der Waals surface area contributed by atoms with Crippen LogP contribution in [0.1, 0.15) is 54.4 Å². The molecular weight excluding hydrogens is 641 g/mol. The highest BCUT2D eigenvalue weighted by atomic mass is 32.2. The van der Waals surface area contributed by atoms with Gasteiger partial charge in [0.05, 0.1) is 18.0 Å². The van der Waals surface area contributed by atoms with Crippen LogP contribution in [0.2, 0.25) is 0 Å². The largest absolute Gasteiger partial charge is 0.480 e. The Balaban J connectivity index is 1.32. The van der Waals surface area contributed by atoms with Crippen molar-refractivity contribution in [2.75, 3.05) is 15.9 Å². The van der Waals surface area contributed by atoms with Gasteiger partial charge in [0.25, 0.3) is 0 Å². The Morgan fingerprint density at radius 3 is 1.94 bits per heavy atom. The molecule has 0 saturated heterocycles. The minimum Gasteiger partial charge on any atom is -0.480 e. The van der Waals surface area contributed by atoms with Crippen molar-refractivity contribution in [1.82, 2.24) is 0 Å². The summed E-state index contributed by atoms with van der Waals surface area (Å²) in [4.78, 5) is 25.5. The summed E-state index contributed by atoms with van der Waals surface area (Å²) in [6, 6.07) is 29.9. The number of nitrogens with zero attached hydrogens (tertiary/aromatic N) is 1. The molecule has 0 amide bonds. The molecule has 10 nitrogen and oxygen atoms in total. The van der Waals surface area contributed by atoms with Gasteiger partial charge >= 0.3 is 5.97 Å². The van der Waals surface area contributed by atoms with Crippen LogP contribution >= 0.6 is 0 Å². The maximum Gasteiger partial charge on any atom is 0.320 e. The van der Waals surface area contributed by atoms with E-state index in [1.807, 2.05) is 85.8 Å². The van der Waals surface area contributed by atoms with Crippen LogP contribution in [0.15, 0.2) is 97.1 Å². The van der Waals surface area contributed by atoms with Gasteiger partial charge < -0.3 is 26.2 Å². The van der Waals surface area contributed by atoms with Crippen molar-refractivity contribution < 1.29 is 27.9 Å². The second-order valence-corrected chi connectivity index (χ2v) is 14.1. The van der Waals surface area contributed by atoms with Crippen molar-refractivity contribution in [3.8, 4) is 11.5 Å². The first-order valence-corrected chi connectivity index (χ1v) is 18.3. The van der Waals surface area contributed by atoms with Gasteiger partial charge in [-0.3, -0.25) is 14.3 Å². The zero-order valence-corrected chi connectivity index (χ0v) is 28.9. The summed E-state index contributed by atoms with van der Waals surface area (Å²) in [5.41, 5.74) is 17.1. The number of hydrogen-bond donors (Lipinski definition) is 4. The Hall–Kier alpha value is -4.71. The van der Waals surface area contributed by atoms with Gasteiger partial charge in [0, 0.05) is 25.2 Å². The number of aliphatic carboxylic acids is 1. The van der Waals surface area contributed by atoms with Gasteiger partial charge in [-0.05, 0) is 97.7 Å². The topological polar surface area (TPSA) is 165 Å². The summed E-state index contributed by atoms with van der Waals surface area (Å²) in [7, 11) is -3.43. The molecule has 4 aromatic carbocycles. The molecule has 1 unspecified atom stereocenters. The van der Waals surface area contributed by atoms with Gasteiger partial charge in [-0.1, -0.05) is 60.7 Å². The lowest BCUT2D eigenvalue weighted by Crippen LogP contribution is -2.33. The molecule has 49 heavy (non-hydrogen) atoms. The van der Waals surface area contributed by atoms with Crippen molar-refractivity contribution in [2.45, 2.75) is 70.6 Å². The van der Waals surface area contributed by atoms with E-state index in [1.54, 1.807) is 6.07 Å². The summed E-state index contributed by atoms with van der Waals surface area (Å²) in [5, 5.41) is 8.87. The molecule has 4 rings (SSSR count). The first kappa shape index (κ1) is 37.1. The van der Waals surface area contributed by atoms with E-state index in [9.17, 15) is 18.0 Å². The van der Waals surface area contributed by atoms with E-state index >= 15 is 0 Å². The fraction of sp³-hybridized carbons (Fsp3) is 0.316. The van der Waals surface area contributed by atoms with Crippen LogP contribution in [-0.2, 0) is 39.1 Å². The van der Waals surface area contributed by atoms with E-state index in [2.05, 4.69) is 21.8 Å². The van der Waals surface area contributed by atoms with Crippen LogP contribution < -0.4 is 25.8 Å². The molecule has 260 valence electrons. The summed E-state index contributed by atoms with van der Waals surface area (Å²) < 4.78 is 32.7. The molecule has 0 aromatic heterocycles. The van der Waals surface area contributed by atoms with E-state index in [-0.39, 0.29) is 5.78 Å². The average Bonchev–Trinajstić information content (AvgIpc) is 3.06. The predicted octanol–water partition coefficient (Wildman–Crippen LogP) is 6.17. The summed E-state index contributed by atoms with van der Waals surface area (Å²) >= 11 is 0. The van der Waals surface area contributed by atoms with Gasteiger partial charge in [-0.25, -0.2) is 8.42 Å². The molecule has 2 atom stereocenters. The highest BCUT2D eigenvalue weighted by Gasteiger charge is 2.17. The fourth-order valence-electron chi connectivity index (χ4n) is 5.54. The number of Topliss-reactive ketones (excluding diaryl/α,β-unsaturated/α-hetero) is 1. The molecular formula is C38H46N4O6S. The number of benzene rings is 4. The Kier molecular flexibility index (Phi) is 13.3. The van der Waals surface area contributed by atoms with Crippen molar-refractivity contribution in [3.63, 3.8) is 0 Å². The molecule has 0 aliphatic carbocycles. The van der Waals surface area contributed by atoms with Crippen LogP contribution in [0.25, 0.3) is 0 Å². The van der Waals surface area contributed by atoms with Crippen molar-refractivity contribution in [3.05, 3.63) is 119 Å². The number of carboxylic acids is 1.